The van der Waals surface area contributed by atoms with Gasteiger partial charge in [0.1, 0.15) is 0 Å². The summed E-state index contributed by atoms with van der Waals surface area (Å²) in [6, 6.07) is 19.7. The molecule has 0 aliphatic heterocycles. The van der Waals surface area contributed by atoms with Crippen molar-refractivity contribution < 1.29 is 30.8 Å². The quantitative estimate of drug-likeness (QED) is 0.355. The number of hydrogen-bond donors (Lipinski definition) is 0. The van der Waals surface area contributed by atoms with Crippen LogP contribution in [-0.2, 0) is 26.4 Å². The Labute approximate surface area is 122 Å². The summed E-state index contributed by atoms with van der Waals surface area (Å²) in [4.78, 5) is 0. The second kappa shape index (κ2) is 14.2. The van der Waals surface area contributed by atoms with E-state index < -0.39 is 0 Å². The zero-order chi connectivity index (χ0) is 13.6. The molecule has 0 radical (unpaired) electrons. The van der Waals surface area contributed by atoms with E-state index in [2.05, 4.69) is 19.6 Å². The van der Waals surface area contributed by atoms with Crippen LogP contribution in [0.5, 0.6) is 0 Å². The van der Waals surface area contributed by atoms with Crippen LogP contribution < -0.4 is 0 Å². The van der Waals surface area contributed by atoms with Gasteiger partial charge in [0.2, 0.25) is 0 Å². The fourth-order valence-corrected chi connectivity index (χ4v) is 1.17. The largest absolute Gasteiger partial charge is 6.00 e. The topological polar surface area (TPSA) is 52.9 Å². The first-order chi connectivity index (χ1) is 8.97. The van der Waals surface area contributed by atoms with Gasteiger partial charge >= 0.3 is 39.7 Å². The van der Waals surface area contributed by atoms with Crippen molar-refractivity contribution in [2.75, 3.05) is 0 Å². The minimum Gasteiger partial charge on any atom is -0.591 e. The summed E-state index contributed by atoms with van der Waals surface area (Å²) in [6.07, 6.45) is 2.66. The summed E-state index contributed by atoms with van der Waals surface area (Å²) < 4.78 is 20.0. The van der Waals surface area contributed by atoms with Gasteiger partial charge in [0.25, 0.3) is 0 Å². The molecule has 3 aromatic rings. The molecule has 1 heterocycles. The first-order valence-electron chi connectivity index (χ1n) is 4.89. The molecule has 0 N–H and O–H groups in total. The summed E-state index contributed by atoms with van der Waals surface area (Å²) in [6.45, 7) is 9.00. The van der Waals surface area contributed by atoms with E-state index in [4.69, 9.17) is 13.7 Å². The van der Waals surface area contributed by atoms with Gasteiger partial charge in [0.05, 0.1) is 0 Å². The minimum absolute atomic E-state index is 0. The Morgan fingerprint density at radius 1 is 0.947 bits per heavy atom. The Hall–Kier alpha value is -1.89. The van der Waals surface area contributed by atoms with Gasteiger partial charge in [-0.3, -0.25) is 0 Å². The summed E-state index contributed by atoms with van der Waals surface area (Å²) in [5, 5.41) is 1.11. The fourth-order valence-electron chi connectivity index (χ4n) is 1.17. The maximum Gasteiger partial charge on any atom is 6.00 e. The molecule has 0 saturated carbocycles. The molecule has 0 atom stereocenters. The molecular weight excluding hydrogens is 284 g/mol. The Kier molecular flexibility index (Phi) is 14.5. The molecule has 0 bridgehead atoms. The number of rotatable bonds is 0. The van der Waals surface area contributed by atoms with Crippen LogP contribution >= 0.6 is 0 Å². The average Bonchev–Trinajstić information content (AvgIpc) is 3.17. The second-order valence-corrected chi connectivity index (χ2v) is 2.86. The summed E-state index contributed by atoms with van der Waals surface area (Å²) >= 11 is 0. The summed E-state index contributed by atoms with van der Waals surface area (Å²) in [5.74, 6) is 0. The van der Waals surface area contributed by atoms with Gasteiger partial charge in [-0.2, -0.15) is 18.2 Å². The van der Waals surface area contributed by atoms with Crippen LogP contribution in [0, 0.1) is 19.6 Å². The van der Waals surface area contributed by atoms with Crippen LogP contribution in [-0.4, -0.2) is 0 Å². The van der Waals surface area contributed by atoms with Crippen LogP contribution in [0.1, 0.15) is 0 Å². The minimum atomic E-state index is 0. The van der Waals surface area contributed by atoms with E-state index in [0.717, 1.165) is 11.0 Å². The molecular formula is C15H10FeO3+4. The first-order valence-corrected chi connectivity index (χ1v) is 4.89. The van der Waals surface area contributed by atoms with Crippen molar-refractivity contribution in [2.45, 2.75) is 0 Å². The standard InChI is InChI=1S/C8H5O.C5H5.2CO.Fe/c1-2-4-8-7(3-1)5-6-9-8;1-2-4-5-3-1;2*1-2;/h1-5H;1-5H;;;/q2*-1;;;+6. The molecule has 19 heavy (non-hydrogen) atoms. The van der Waals surface area contributed by atoms with E-state index in [-0.39, 0.29) is 17.1 Å². The van der Waals surface area contributed by atoms with Crippen LogP contribution in [0.15, 0.2) is 65.1 Å². The normalized spacial score (nSPS) is 7.16. The molecule has 2 aromatic carbocycles. The molecule has 3 nitrogen and oxygen atoms in total. The number of benzene rings is 1. The van der Waals surface area contributed by atoms with Crippen molar-refractivity contribution >= 4 is 11.0 Å². The Morgan fingerprint density at radius 2 is 1.53 bits per heavy atom. The van der Waals surface area contributed by atoms with E-state index in [9.17, 15) is 0 Å². The number of fused-ring (bicyclic) bond motifs is 1. The molecule has 3 rings (SSSR count). The third-order valence-corrected chi connectivity index (χ3v) is 1.86. The molecule has 0 spiro atoms. The van der Waals surface area contributed by atoms with Gasteiger partial charge in [0.15, 0.2) is 0 Å². The van der Waals surface area contributed by atoms with Crippen LogP contribution in [0.25, 0.3) is 11.0 Å². The van der Waals surface area contributed by atoms with Crippen molar-refractivity contribution in [1.29, 1.82) is 0 Å². The van der Waals surface area contributed by atoms with Crippen LogP contribution in [0.2, 0.25) is 0 Å². The molecule has 0 saturated heterocycles. The predicted molar refractivity (Wildman–Crippen MR) is 64.9 cm³/mol. The maximum absolute atomic E-state index is 7.50. The second-order valence-electron chi connectivity index (χ2n) is 2.86. The summed E-state index contributed by atoms with van der Waals surface area (Å²) in [5.41, 5.74) is 0.900. The molecule has 92 valence electrons. The number of furan rings is 1. The molecule has 0 aliphatic carbocycles. The number of para-hydroxylation sites is 1. The third-order valence-electron chi connectivity index (χ3n) is 1.86. The average molecular weight is 294 g/mol. The van der Waals surface area contributed by atoms with Gasteiger partial charge in [-0.15, -0.1) is 17.5 Å². The van der Waals surface area contributed by atoms with Crippen molar-refractivity contribution in [3.8, 4) is 0 Å². The van der Waals surface area contributed by atoms with Gasteiger partial charge < -0.3 is 4.42 Å². The molecule has 1 aromatic heterocycles. The Bertz CT molecular complexity index is 497. The van der Waals surface area contributed by atoms with Gasteiger partial charge in [-0.1, -0.05) is 18.2 Å². The van der Waals surface area contributed by atoms with Crippen molar-refractivity contribution in [2.24, 2.45) is 0 Å². The molecule has 0 amide bonds. The van der Waals surface area contributed by atoms with E-state index in [0.29, 0.717) is 0 Å². The van der Waals surface area contributed by atoms with Crippen molar-refractivity contribution in [3.63, 3.8) is 0 Å². The van der Waals surface area contributed by atoms with E-state index in [1.807, 2.05) is 60.7 Å². The summed E-state index contributed by atoms with van der Waals surface area (Å²) in [7, 11) is 0. The van der Waals surface area contributed by atoms with Gasteiger partial charge in [-0.25, -0.2) is 12.1 Å². The first kappa shape index (κ1) is 19.4. The molecule has 0 fully saturated rings. The smallest absolute Gasteiger partial charge is 0.591 e. The van der Waals surface area contributed by atoms with Crippen molar-refractivity contribution in [3.05, 3.63) is 80.2 Å². The SMILES string of the molecule is [C-]#[O+].[C-]#[O+].[Fe+6].[c-]1cc2ccccc2o1.c1cc[cH-]c1. The Morgan fingerprint density at radius 3 is 2.00 bits per heavy atom. The fraction of sp³-hybridized carbons (Fsp3) is 0. The molecule has 4 heteroatoms. The zero-order valence-electron chi connectivity index (χ0n) is 9.85. The van der Waals surface area contributed by atoms with E-state index in [1.165, 1.54) is 0 Å². The van der Waals surface area contributed by atoms with Gasteiger partial charge in [0, 0.05) is 0 Å². The molecule has 0 aliphatic rings. The van der Waals surface area contributed by atoms with Gasteiger partial charge in [-0.05, 0) is 11.8 Å². The zero-order valence-corrected chi connectivity index (χ0v) is 11.0. The monoisotopic (exact) mass is 294 g/mol. The Balaban J connectivity index is 0. The van der Waals surface area contributed by atoms with Crippen molar-refractivity contribution in [1.82, 2.24) is 0 Å². The maximum atomic E-state index is 7.50. The van der Waals surface area contributed by atoms with Crippen LogP contribution in [0.3, 0.4) is 0 Å². The van der Waals surface area contributed by atoms with Crippen LogP contribution in [0.4, 0.5) is 0 Å². The van der Waals surface area contributed by atoms with E-state index in [1.54, 1.807) is 0 Å². The molecule has 0 unspecified atom stereocenters. The number of hydrogen-bond acceptors (Lipinski definition) is 1. The predicted octanol–water partition coefficient (Wildman–Crippen LogP) is 3.56. The van der Waals surface area contributed by atoms with E-state index >= 15 is 0 Å². The third kappa shape index (κ3) is 7.93.